The van der Waals surface area contributed by atoms with Gasteiger partial charge in [0.1, 0.15) is 11.8 Å². The fraction of sp³-hybridized carbons (Fsp3) is 0.217. The van der Waals surface area contributed by atoms with Crippen LogP contribution < -0.4 is 5.56 Å². The largest absolute Gasteiger partial charge is 0.467 e. The Kier molecular flexibility index (Phi) is 6.09. The van der Waals surface area contributed by atoms with Crippen LogP contribution in [0.15, 0.2) is 68.4 Å². The Labute approximate surface area is 202 Å². The number of hydrogen-bond donors (Lipinski definition) is 0. The Morgan fingerprint density at radius 1 is 1.30 bits per heavy atom. The summed E-state index contributed by atoms with van der Waals surface area (Å²) >= 11 is 8.85. The van der Waals surface area contributed by atoms with E-state index in [1.165, 1.54) is 34.2 Å². The number of rotatable bonds is 6. The molecule has 1 aliphatic heterocycles. The van der Waals surface area contributed by atoms with Crippen LogP contribution in [-0.2, 0) is 10.5 Å². The van der Waals surface area contributed by atoms with Crippen LogP contribution in [0.2, 0.25) is 5.02 Å². The number of furan rings is 1. The third-order valence-corrected chi connectivity index (χ3v) is 7.47. The lowest BCUT2D eigenvalue weighted by Crippen LogP contribution is -2.28. The number of aromatic nitrogens is 2. The first-order valence-corrected chi connectivity index (χ1v) is 12.6. The lowest BCUT2D eigenvalue weighted by atomic mass is 10.0. The topological polar surface area (TPSA) is 80.2 Å². The quantitative estimate of drug-likeness (QED) is 0.377. The molecule has 0 saturated carbocycles. The van der Waals surface area contributed by atoms with E-state index in [9.17, 15) is 9.59 Å². The molecule has 0 aliphatic carbocycles. The van der Waals surface area contributed by atoms with Crippen molar-refractivity contribution in [2.24, 2.45) is 5.10 Å². The zero-order valence-electron chi connectivity index (χ0n) is 17.6. The van der Waals surface area contributed by atoms with Crippen LogP contribution in [0, 0.1) is 6.92 Å². The van der Waals surface area contributed by atoms with E-state index >= 15 is 0 Å². The fourth-order valence-corrected chi connectivity index (χ4v) is 5.53. The van der Waals surface area contributed by atoms with E-state index in [-0.39, 0.29) is 23.3 Å². The molecule has 0 N–H and O–H groups in total. The SMILES string of the molecule is Cc1csc2nc(CSCC(=O)N3N=C(c4ccc(Cl)cc4)C[C@@H]3c3ccco3)cc(=O)n12. The summed E-state index contributed by atoms with van der Waals surface area (Å²) in [4.78, 5) is 30.7. The molecule has 4 aromatic rings. The highest BCUT2D eigenvalue weighted by Gasteiger charge is 2.34. The molecular weight excluding hydrogens is 480 g/mol. The number of fused-ring (bicyclic) bond motifs is 1. The molecule has 7 nitrogen and oxygen atoms in total. The maximum atomic E-state index is 13.1. The van der Waals surface area contributed by atoms with E-state index in [4.69, 9.17) is 16.0 Å². The molecule has 0 radical (unpaired) electrons. The van der Waals surface area contributed by atoms with Gasteiger partial charge in [0.2, 0.25) is 0 Å². The third kappa shape index (κ3) is 4.48. The van der Waals surface area contributed by atoms with Crippen LogP contribution in [-0.4, -0.2) is 31.8 Å². The van der Waals surface area contributed by atoms with Crippen molar-refractivity contribution in [1.82, 2.24) is 14.4 Å². The minimum absolute atomic E-state index is 0.102. The second-order valence-corrected chi connectivity index (χ2v) is 9.86. The summed E-state index contributed by atoms with van der Waals surface area (Å²) < 4.78 is 7.18. The van der Waals surface area contributed by atoms with Gasteiger partial charge in [0.25, 0.3) is 11.5 Å². The van der Waals surface area contributed by atoms with Gasteiger partial charge in [-0.1, -0.05) is 23.7 Å². The summed E-state index contributed by atoms with van der Waals surface area (Å²) in [5.74, 6) is 1.23. The van der Waals surface area contributed by atoms with Crippen LogP contribution >= 0.6 is 34.7 Å². The van der Waals surface area contributed by atoms with Crippen molar-refractivity contribution in [3.8, 4) is 0 Å². The lowest BCUT2D eigenvalue weighted by Gasteiger charge is -2.19. The maximum Gasteiger partial charge on any atom is 0.258 e. The molecule has 1 amide bonds. The van der Waals surface area contributed by atoms with Crippen LogP contribution in [0.1, 0.15) is 35.2 Å². The van der Waals surface area contributed by atoms with Gasteiger partial charge >= 0.3 is 0 Å². The smallest absolute Gasteiger partial charge is 0.258 e. The number of thioether (sulfide) groups is 1. The number of carbonyl (C=O) groups is 1. The van der Waals surface area contributed by atoms with Crippen LogP contribution in [0.5, 0.6) is 0 Å². The molecule has 1 aromatic carbocycles. The van der Waals surface area contributed by atoms with Crippen molar-refractivity contribution < 1.29 is 9.21 Å². The highest BCUT2D eigenvalue weighted by molar-refractivity contribution is 7.99. The van der Waals surface area contributed by atoms with Gasteiger partial charge in [-0.05, 0) is 36.8 Å². The van der Waals surface area contributed by atoms with E-state index in [1.807, 2.05) is 42.6 Å². The average molecular weight is 499 g/mol. The summed E-state index contributed by atoms with van der Waals surface area (Å²) in [6, 6.07) is 12.3. The van der Waals surface area contributed by atoms with Crippen LogP contribution in [0.25, 0.3) is 4.96 Å². The Hall–Kier alpha value is -2.88. The molecule has 10 heteroatoms. The Balaban J connectivity index is 1.31. The highest BCUT2D eigenvalue weighted by atomic mass is 35.5. The first kappa shape index (κ1) is 21.9. The summed E-state index contributed by atoms with van der Waals surface area (Å²) in [5.41, 5.74) is 3.15. The first-order chi connectivity index (χ1) is 16.0. The van der Waals surface area contributed by atoms with Gasteiger partial charge in [-0.15, -0.1) is 23.1 Å². The molecule has 5 rings (SSSR count). The molecule has 0 fully saturated rings. The number of hydrazone groups is 1. The molecule has 4 heterocycles. The number of benzene rings is 1. The summed E-state index contributed by atoms with van der Waals surface area (Å²) in [6.07, 6.45) is 2.15. The molecule has 168 valence electrons. The number of carbonyl (C=O) groups excluding carboxylic acids is 1. The zero-order valence-corrected chi connectivity index (χ0v) is 20.0. The highest BCUT2D eigenvalue weighted by Crippen LogP contribution is 2.34. The molecule has 0 saturated heterocycles. The van der Waals surface area contributed by atoms with Crippen LogP contribution in [0.4, 0.5) is 0 Å². The lowest BCUT2D eigenvalue weighted by molar-refractivity contribution is -0.130. The minimum atomic E-state index is -0.299. The Bertz CT molecular complexity index is 1390. The standard InChI is InChI=1S/C23H19ClN4O3S2/c1-14-11-33-23-25-17(9-21(29)27(14)23)12-32-13-22(30)28-19(20-3-2-8-31-20)10-18(26-28)15-4-6-16(24)7-5-15/h2-9,11,19H,10,12-13H2,1H3/t19-/m1/s1. The second-order valence-electron chi connectivity index (χ2n) is 7.60. The van der Waals surface area contributed by atoms with Crippen LogP contribution in [0.3, 0.4) is 0 Å². The monoisotopic (exact) mass is 498 g/mol. The number of aryl methyl sites for hydroxylation is 1. The van der Waals surface area contributed by atoms with Gasteiger partial charge < -0.3 is 4.42 Å². The summed E-state index contributed by atoms with van der Waals surface area (Å²) in [5, 5.41) is 8.68. The fourth-order valence-electron chi connectivity index (χ4n) is 3.74. The molecule has 1 atom stereocenters. The van der Waals surface area contributed by atoms with Gasteiger partial charge in [0, 0.05) is 34.3 Å². The second kappa shape index (κ2) is 9.17. The minimum Gasteiger partial charge on any atom is -0.467 e. The Morgan fingerprint density at radius 2 is 2.12 bits per heavy atom. The van der Waals surface area contributed by atoms with Gasteiger partial charge in [-0.25, -0.2) is 9.99 Å². The molecule has 3 aromatic heterocycles. The number of hydrogen-bond acceptors (Lipinski definition) is 7. The summed E-state index contributed by atoms with van der Waals surface area (Å²) in [6.45, 7) is 1.88. The first-order valence-electron chi connectivity index (χ1n) is 10.2. The van der Waals surface area contributed by atoms with E-state index in [1.54, 1.807) is 16.7 Å². The zero-order chi connectivity index (χ0) is 22.9. The van der Waals surface area contributed by atoms with E-state index in [0.29, 0.717) is 33.6 Å². The molecular formula is C23H19ClN4O3S2. The van der Waals surface area contributed by atoms with Crippen molar-refractivity contribution in [2.45, 2.75) is 25.1 Å². The van der Waals surface area contributed by atoms with E-state index in [0.717, 1.165) is 17.0 Å². The maximum absolute atomic E-state index is 13.1. The molecule has 33 heavy (non-hydrogen) atoms. The molecule has 0 bridgehead atoms. The van der Waals surface area contributed by atoms with Gasteiger partial charge in [-0.3, -0.25) is 14.0 Å². The van der Waals surface area contributed by atoms with Crippen molar-refractivity contribution in [2.75, 3.05) is 5.75 Å². The molecule has 1 aliphatic rings. The number of halogens is 1. The van der Waals surface area contributed by atoms with Gasteiger partial charge in [-0.2, -0.15) is 5.10 Å². The van der Waals surface area contributed by atoms with Crippen molar-refractivity contribution >= 4 is 51.3 Å². The summed E-state index contributed by atoms with van der Waals surface area (Å²) in [7, 11) is 0. The van der Waals surface area contributed by atoms with Crippen molar-refractivity contribution in [1.29, 1.82) is 0 Å². The predicted octanol–water partition coefficient (Wildman–Crippen LogP) is 4.92. The number of amides is 1. The van der Waals surface area contributed by atoms with E-state index in [2.05, 4.69) is 10.1 Å². The van der Waals surface area contributed by atoms with Gasteiger partial charge in [0.05, 0.1) is 23.4 Å². The number of thiazole rings is 1. The van der Waals surface area contributed by atoms with Crippen molar-refractivity contribution in [3.63, 3.8) is 0 Å². The van der Waals surface area contributed by atoms with Gasteiger partial charge in [0.15, 0.2) is 4.96 Å². The number of nitrogens with zero attached hydrogens (tertiary/aromatic N) is 4. The third-order valence-electron chi connectivity index (χ3n) is 5.32. The van der Waals surface area contributed by atoms with E-state index < -0.39 is 0 Å². The molecule has 0 unspecified atom stereocenters. The average Bonchev–Trinajstić information content (AvgIpc) is 3.54. The normalized spacial score (nSPS) is 15.9. The molecule has 0 spiro atoms. The Morgan fingerprint density at radius 3 is 2.88 bits per heavy atom. The predicted molar refractivity (Wildman–Crippen MR) is 131 cm³/mol. The van der Waals surface area contributed by atoms with Crippen molar-refractivity contribution in [3.05, 3.63) is 92.2 Å².